The van der Waals surface area contributed by atoms with E-state index in [0.717, 1.165) is 33.3 Å². The standard InChI is InChI=1S/C36H39N5O3/c1-6-19-41(36(43)39-32-28(23(2)3)14-8-15-29(32)24(4)5)33-31(30-16-10-18-38-34(30)40-35(33)42)26-12-7-13-27(20-26)44-22-25-11-9-17-37-21-25/h7-18,20-21,23-24H,6,19,22H2,1-5H3,(H,39,43)(H,38,40,42). The number of ether oxygens (including phenoxy) is 1. The van der Waals surface area contributed by atoms with E-state index in [1.807, 2.05) is 73.7 Å². The molecule has 5 rings (SSSR count). The fourth-order valence-corrected chi connectivity index (χ4v) is 5.46. The maximum Gasteiger partial charge on any atom is 0.326 e. The molecule has 8 heteroatoms. The number of benzene rings is 2. The van der Waals surface area contributed by atoms with E-state index in [9.17, 15) is 9.59 Å². The molecule has 0 spiro atoms. The van der Waals surface area contributed by atoms with Crippen molar-refractivity contribution in [1.29, 1.82) is 0 Å². The second-order valence-corrected chi connectivity index (χ2v) is 11.5. The molecule has 0 radical (unpaired) electrons. The molecule has 0 fully saturated rings. The SMILES string of the molecule is CCCN(C(=O)Nc1c(C(C)C)cccc1C(C)C)c1c(-c2cccc(OCc3cccnc3)c2)c2cccnc2[nH]c1=O. The summed E-state index contributed by atoms with van der Waals surface area (Å²) >= 11 is 0. The number of para-hydroxylation sites is 1. The zero-order chi connectivity index (χ0) is 31.2. The van der Waals surface area contributed by atoms with Gasteiger partial charge in [-0.25, -0.2) is 9.78 Å². The molecular formula is C36H39N5O3. The second-order valence-electron chi connectivity index (χ2n) is 11.5. The van der Waals surface area contributed by atoms with Gasteiger partial charge in [0.1, 0.15) is 23.7 Å². The smallest absolute Gasteiger partial charge is 0.326 e. The third kappa shape index (κ3) is 6.49. The molecule has 0 bridgehead atoms. The highest BCUT2D eigenvalue weighted by Gasteiger charge is 2.27. The molecule has 44 heavy (non-hydrogen) atoms. The summed E-state index contributed by atoms with van der Waals surface area (Å²) in [5.41, 5.74) is 5.53. The van der Waals surface area contributed by atoms with Gasteiger partial charge < -0.3 is 15.0 Å². The predicted octanol–water partition coefficient (Wildman–Crippen LogP) is 8.26. The van der Waals surface area contributed by atoms with Crippen molar-refractivity contribution in [2.45, 2.75) is 59.5 Å². The Labute approximate surface area is 258 Å². The third-order valence-corrected chi connectivity index (χ3v) is 7.58. The second kappa shape index (κ2) is 13.5. The van der Waals surface area contributed by atoms with E-state index < -0.39 is 5.56 Å². The van der Waals surface area contributed by atoms with Crippen LogP contribution in [0.25, 0.3) is 22.2 Å². The molecule has 2 aromatic carbocycles. The lowest BCUT2D eigenvalue weighted by molar-refractivity contribution is 0.257. The third-order valence-electron chi connectivity index (χ3n) is 7.58. The average Bonchev–Trinajstić information content (AvgIpc) is 3.02. The summed E-state index contributed by atoms with van der Waals surface area (Å²) in [6, 6.07) is 20.9. The molecule has 0 saturated carbocycles. The van der Waals surface area contributed by atoms with Gasteiger partial charge >= 0.3 is 6.03 Å². The fourth-order valence-electron chi connectivity index (χ4n) is 5.46. The number of anilines is 2. The molecule has 5 aromatic rings. The summed E-state index contributed by atoms with van der Waals surface area (Å²) in [5.74, 6) is 1.03. The Bertz CT molecular complexity index is 1790. The van der Waals surface area contributed by atoms with Crippen molar-refractivity contribution in [1.82, 2.24) is 15.0 Å². The molecule has 3 heterocycles. The van der Waals surface area contributed by atoms with Gasteiger partial charge in [0, 0.05) is 47.3 Å². The molecule has 8 nitrogen and oxygen atoms in total. The Hall–Kier alpha value is -4.98. The number of fused-ring (bicyclic) bond motifs is 1. The molecule has 0 unspecified atom stereocenters. The van der Waals surface area contributed by atoms with Crippen molar-refractivity contribution >= 4 is 28.4 Å². The minimum absolute atomic E-state index is 0.198. The maximum atomic E-state index is 14.3. The molecule has 0 aliphatic rings. The molecule has 2 N–H and O–H groups in total. The molecule has 0 aliphatic carbocycles. The highest BCUT2D eigenvalue weighted by molar-refractivity contribution is 6.09. The van der Waals surface area contributed by atoms with E-state index in [0.29, 0.717) is 36.5 Å². The first kappa shape index (κ1) is 30.5. The number of hydrogen-bond acceptors (Lipinski definition) is 5. The minimum atomic E-state index is -0.391. The fraction of sp³-hybridized carbons (Fsp3) is 0.278. The van der Waals surface area contributed by atoms with Crippen LogP contribution in [0.15, 0.2) is 90.1 Å². The van der Waals surface area contributed by atoms with Crippen LogP contribution in [0.5, 0.6) is 5.75 Å². The van der Waals surface area contributed by atoms with Gasteiger partial charge in [0.05, 0.1) is 0 Å². The molecule has 0 aliphatic heterocycles. The lowest BCUT2D eigenvalue weighted by atomic mass is 9.92. The summed E-state index contributed by atoms with van der Waals surface area (Å²) in [6.07, 6.45) is 5.78. The van der Waals surface area contributed by atoms with Gasteiger partial charge in [0.25, 0.3) is 5.56 Å². The lowest BCUT2D eigenvalue weighted by Crippen LogP contribution is -2.40. The minimum Gasteiger partial charge on any atom is -0.489 e. The zero-order valence-electron chi connectivity index (χ0n) is 25.9. The number of carbonyl (C=O) groups is 1. The van der Waals surface area contributed by atoms with E-state index in [2.05, 4.69) is 48.0 Å². The predicted molar refractivity (Wildman–Crippen MR) is 178 cm³/mol. The van der Waals surface area contributed by atoms with E-state index in [-0.39, 0.29) is 23.6 Å². The van der Waals surface area contributed by atoms with Crippen LogP contribution in [0.4, 0.5) is 16.2 Å². The Morgan fingerprint density at radius 2 is 1.68 bits per heavy atom. The number of carbonyl (C=O) groups excluding carboxylic acids is 1. The van der Waals surface area contributed by atoms with E-state index in [1.54, 1.807) is 23.5 Å². The summed E-state index contributed by atoms with van der Waals surface area (Å²) < 4.78 is 6.11. The highest BCUT2D eigenvalue weighted by atomic mass is 16.5. The monoisotopic (exact) mass is 589 g/mol. The maximum absolute atomic E-state index is 14.3. The van der Waals surface area contributed by atoms with Crippen LogP contribution in [0.2, 0.25) is 0 Å². The summed E-state index contributed by atoms with van der Waals surface area (Å²) in [5, 5.41) is 3.94. The molecule has 2 amide bonds. The van der Waals surface area contributed by atoms with E-state index >= 15 is 0 Å². The van der Waals surface area contributed by atoms with Crippen molar-refractivity contribution < 1.29 is 9.53 Å². The van der Waals surface area contributed by atoms with Gasteiger partial charge in [-0.15, -0.1) is 0 Å². The van der Waals surface area contributed by atoms with Gasteiger partial charge in [-0.2, -0.15) is 0 Å². The Kier molecular flexibility index (Phi) is 9.38. The Balaban J connectivity index is 1.63. The number of pyridine rings is 3. The zero-order valence-corrected chi connectivity index (χ0v) is 25.9. The van der Waals surface area contributed by atoms with Crippen molar-refractivity contribution in [3.8, 4) is 16.9 Å². The Morgan fingerprint density at radius 3 is 2.36 bits per heavy atom. The van der Waals surface area contributed by atoms with E-state index in [1.165, 1.54) is 0 Å². The number of rotatable bonds is 10. The summed E-state index contributed by atoms with van der Waals surface area (Å²) in [7, 11) is 0. The molecule has 0 atom stereocenters. The van der Waals surface area contributed by atoms with Crippen LogP contribution in [0.1, 0.15) is 69.6 Å². The summed E-state index contributed by atoms with van der Waals surface area (Å²) in [4.78, 5) is 41.2. The largest absolute Gasteiger partial charge is 0.489 e. The number of hydrogen-bond donors (Lipinski definition) is 2. The van der Waals surface area contributed by atoms with Crippen LogP contribution in [-0.4, -0.2) is 27.5 Å². The number of aromatic amines is 1. The lowest BCUT2D eigenvalue weighted by Gasteiger charge is -2.27. The molecule has 3 aromatic heterocycles. The van der Waals surface area contributed by atoms with Gasteiger partial charge in [-0.05, 0) is 65.3 Å². The summed E-state index contributed by atoms with van der Waals surface area (Å²) in [6.45, 7) is 11.1. The van der Waals surface area contributed by atoms with Gasteiger partial charge in [0.2, 0.25) is 0 Å². The van der Waals surface area contributed by atoms with Crippen molar-refractivity contribution in [2.24, 2.45) is 0 Å². The quantitative estimate of drug-likeness (QED) is 0.171. The van der Waals surface area contributed by atoms with Crippen LogP contribution in [-0.2, 0) is 6.61 Å². The van der Waals surface area contributed by atoms with Gasteiger partial charge in [-0.1, -0.05) is 71.0 Å². The van der Waals surface area contributed by atoms with Gasteiger partial charge in [-0.3, -0.25) is 14.7 Å². The van der Waals surface area contributed by atoms with Crippen LogP contribution >= 0.6 is 0 Å². The number of H-pyrrole nitrogens is 1. The Morgan fingerprint density at radius 1 is 0.955 bits per heavy atom. The molecule has 0 saturated heterocycles. The van der Waals surface area contributed by atoms with Gasteiger partial charge in [0.15, 0.2) is 0 Å². The number of aromatic nitrogens is 3. The highest BCUT2D eigenvalue weighted by Crippen LogP contribution is 2.37. The average molecular weight is 590 g/mol. The number of nitrogens with one attached hydrogen (secondary N) is 2. The topological polar surface area (TPSA) is 100 Å². The first-order valence-electron chi connectivity index (χ1n) is 15.1. The van der Waals surface area contributed by atoms with E-state index in [4.69, 9.17) is 4.74 Å². The number of amides is 2. The normalized spacial score (nSPS) is 11.2. The van der Waals surface area contributed by atoms with Crippen molar-refractivity contribution in [3.63, 3.8) is 0 Å². The molecular weight excluding hydrogens is 550 g/mol. The van der Waals surface area contributed by atoms with Crippen molar-refractivity contribution in [3.05, 3.63) is 112 Å². The van der Waals surface area contributed by atoms with Crippen LogP contribution < -0.4 is 20.5 Å². The molecule has 226 valence electrons. The number of urea groups is 1. The van der Waals surface area contributed by atoms with Crippen molar-refractivity contribution in [2.75, 3.05) is 16.8 Å². The van der Waals surface area contributed by atoms with Crippen LogP contribution in [0.3, 0.4) is 0 Å². The number of nitrogens with zero attached hydrogens (tertiary/aromatic N) is 3. The first-order valence-corrected chi connectivity index (χ1v) is 15.1. The first-order chi connectivity index (χ1) is 21.3. The van der Waals surface area contributed by atoms with Crippen LogP contribution in [0, 0.1) is 0 Å².